The van der Waals surface area contributed by atoms with Crippen LogP contribution < -0.4 is 10.6 Å². The van der Waals surface area contributed by atoms with Crippen LogP contribution >= 0.6 is 0 Å². The lowest BCUT2D eigenvalue weighted by atomic mass is 9.96. The summed E-state index contributed by atoms with van der Waals surface area (Å²) >= 11 is 0. The second-order valence-electron chi connectivity index (χ2n) is 9.29. The van der Waals surface area contributed by atoms with E-state index < -0.39 is 36.3 Å². The zero-order valence-corrected chi connectivity index (χ0v) is 20.6. The van der Waals surface area contributed by atoms with Crippen molar-refractivity contribution in [3.63, 3.8) is 0 Å². The summed E-state index contributed by atoms with van der Waals surface area (Å²) in [6.45, 7) is 12.3. The summed E-state index contributed by atoms with van der Waals surface area (Å²) in [5, 5.41) is 15.1. The van der Waals surface area contributed by atoms with E-state index in [-0.39, 0.29) is 11.9 Å². The highest BCUT2D eigenvalue weighted by Crippen LogP contribution is 2.25. The number of carbonyl (C=O) groups excluding carboxylic acids is 3. The van der Waals surface area contributed by atoms with Crippen molar-refractivity contribution < 1.29 is 24.2 Å². The molecule has 0 aliphatic heterocycles. The van der Waals surface area contributed by atoms with Gasteiger partial charge < -0.3 is 25.4 Å². The Morgan fingerprint density at radius 3 is 2.28 bits per heavy atom. The number of amides is 3. The fourth-order valence-corrected chi connectivity index (χ4v) is 3.49. The molecule has 0 aliphatic rings. The van der Waals surface area contributed by atoms with Crippen LogP contribution in [0.1, 0.15) is 70.2 Å². The number of aryl methyl sites for hydroxylation is 2. The van der Waals surface area contributed by atoms with Crippen molar-refractivity contribution in [3.05, 3.63) is 34.9 Å². The van der Waals surface area contributed by atoms with E-state index in [0.29, 0.717) is 5.56 Å². The van der Waals surface area contributed by atoms with Crippen LogP contribution in [0.5, 0.6) is 0 Å². The van der Waals surface area contributed by atoms with Gasteiger partial charge in [0.15, 0.2) is 0 Å². The summed E-state index contributed by atoms with van der Waals surface area (Å²) in [7, 11) is 1.50. The second-order valence-corrected chi connectivity index (χ2v) is 9.29. The molecular weight excluding hydrogens is 410 g/mol. The highest BCUT2D eigenvalue weighted by atomic mass is 16.6. The van der Waals surface area contributed by atoms with E-state index in [1.165, 1.54) is 11.9 Å². The van der Waals surface area contributed by atoms with Gasteiger partial charge in [0.05, 0.1) is 6.61 Å². The van der Waals surface area contributed by atoms with Gasteiger partial charge in [0.2, 0.25) is 11.8 Å². The van der Waals surface area contributed by atoms with Gasteiger partial charge in [0, 0.05) is 13.1 Å². The van der Waals surface area contributed by atoms with E-state index in [4.69, 9.17) is 4.74 Å². The molecule has 0 bridgehead atoms. The summed E-state index contributed by atoms with van der Waals surface area (Å²) in [6.07, 6.45) is 0.904. The number of rotatable bonds is 9. The topological polar surface area (TPSA) is 108 Å². The molecule has 0 spiro atoms. The summed E-state index contributed by atoms with van der Waals surface area (Å²) in [5.74, 6) is -0.913. The number of likely N-dealkylation sites (N-methyl/N-ethyl adjacent to an activating group) is 1. The number of nitrogens with zero attached hydrogens (tertiary/aromatic N) is 1. The van der Waals surface area contributed by atoms with Crippen molar-refractivity contribution in [2.75, 3.05) is 13.7 Å². The fraction of sp³-hybridized carbons (Fsp3) is 0.625. The minimum atomic E-state index is -1.25. The Hall–Kier alpha value is -2.61. The Bertz CT molecular complexity index is 803. The standard InChI is InChI=1S/C24H39N3O5/c1-9-10-17(4)25-21(29)20(18-12-11-15(2)13-16(18)3)27(8)22(30)19(14-28)26-23(31)32-24(5,6)7/h11-13,17,19-20,28H,9-10,14H2,1-8H3,(H,25,29)(H,26,31). The minimum absolute atomic E-state index is 0.0576. The Kier molecular flexibility index (Phi) is 10.2. The largest absolute Gasteiger partial charge is 0.444 e. The molecule has 3 amide bonds. The van der Waals surface area contributed by atoms with E-state index in [1.807, 2.05) is 45.9 Å². The molecule has 0 fully saturated rings. The maximum absolute atomic E-state index is 13.3. The first-order chi connectivity index (χ1) is 14.8. The molecule has 3 atom stereocenters. The molecule has 32 heavy (non-hydrogen) atoms. The van der Waals surface area contributed by atoms with Crippen molar-refractivity contribution >= 4 is 17.9 Å². The lowest BCUT2D eigenvalue weighted by Crippen LogP contribution is -2.53. The van der Waals surface area contributed by atoms with Gasteiger partial charge in [0.1, 0.15) is 17.7 Å². The zero-order chi connectivity index (χ0) is 24.6. The summed E-state index contributed by atoms with van der Waals surface area (Å²) in [4.78, 5) is 39.9. The number of aliphatic hydroxyl groups is 1. The molecule has 0 heterocycles. The van der Waals surface area contributed by atoms with Crippen LogP contribution in [0.3, 0.4) is 0 Å². The van der Waals surface area contributed by atoms with E-state index in [0.717, 1.165) is 24.0 Å². The maximum atomic E-state index is 13.3. The Labute approximate surface area is 191 Å². The average molecular weight is 450 g/mol. The minimum Gasteiger partial charge on any atom is -0.444 e. The number of hydrogen-bond acceptors (Lipinski definition) is 5. The molecule has 0 aromatic heterocycles. The van der Waals surface area contributed by atoms with Crippen LogP contribution in [0.15, 0.2) is 18.2 Å². The molecule has 1 aromatic rings. The van der Waals surface area contributed by atoms with Crippen molar-refractivity contribution in [1.29, 1.82) is 0 Å². The van der Waals surface area contributed by atoms with Gasteiger partial charge in [-0.1, -0.05) is 37.1 Å². The number of ether oxygens (including phenoxy) is 1. The molecule has 0 aliphatic carbocycles. The van der Waals surface area contributed by atoms with Gasteiger partial charge in [-0.05, 0) is 59.1 Å². The van der Waals surface area contributed by atoms with Crippen molar-refractivity contribution in [1.82, 2.24) is 15.5 Å². The van der Waals surface area contributed by atoms with Crippen LogP contribution in [0, 0.1) is 13.8 Å². The monoisotopic (exact) mass is 449 g/mol. The first-order valence-electron chi connectivity index (χ1n) is 11.0. The summed E-state index contributed by atoms with van der Waals surface area (Å²) in [6, 6.07) is 3.45. The number of carbonyl (C=O) groups is 3. The normalized spacial score (nSPS) is 14.2. The molecule has 3 unspecified atom stereocenters. The van der Waals surface area contributed by atoms with Gasteiger partial charge in [-0.15, -0.1) is 0 Å². The molecule has 8 heteroatoms. The van der Waals surface area contributed by atoms with Crippen LogP contribution in [-0.4, -0.2) is 59.3 Å². The van der Waals surface area contributed by atoms with Gasteiger partial charge >= 0.3 is 6.09 Å². The number of alkyl carbamates (subject to hydrolysis) is 1. The highest BCUT2D eigenvalue weighted by Gasteiger charge is 2.34. The van der Waals surface area contributed by atoms with Crippen molar-refractivity contribution in [2.24, 2.45) is 0 Å². The zero-order valence-electron chi connectivity index (χ0n) is 20.6. The molecular formula is C24H39N3O5. The number of nitrogens with one attached hydrogen (secondary N) is 2. The van der Waals surface area contributed by atoms with Gasteiger partial charge in [0.25, 0.3) is 0 Å². The molecule has 1 aromatic carbocycles. The predicted molar refractivity (Wildman–Crippen MR) is 124 cm³/mol. The number of benzene rings is 1. The van der Waals surface area contributed by atoms with Crippen LogP contribution in [-0.2, 0) is 14.3 Å². The van der Waals surface area contributed by atoms with Crippen LogP contribution in [0.25, 0.3) is 0 Å². The maximum Gasteiger partial charge on any atom is 0.408 e. The average Bonchev–Trinajstić information content (AvgIpc) is 2.66. The molecule has 0 radical (unpaired) electrons. The predicted octanol–water partition coefficient (Wildman–Crippen LogP) is 2.99. The lowest BCUT2D eigenvalue weighted by molar-refractivity contribution is -0.141. The molecule has 8 nitrogen and oxygen atoms in total. The third-order valence-corrected chi connectivity index (χ3v) is 4.99. The number of hydrogen-bond donors (Lipinski definition) is 3. The van der Waals surface area contributed by atoms with Crippen molar-refractivity contribution in [3.8, 4) is 0 Å². The molecule has 180 valence electrons. The lowest BCUT2D eigenvalue weighted by Gasteiger charge is -2.32. The third kappa shape index (κ3) is 8.15. The highest BCUT2D eigenvalue weighted by molar-refractivity contribution is 5.92. The van der Waals surface area contributed by atoms with E-state index in [9.17, 15) is 19.5 Å². The van der Waals surface area contributed by atoms with Crippen LogP contribution in [0.2, 0.25) is 0 Å². The smallest absolute Gasteiger partial charge is 0.408 e. The van der Waals surface area contributed by atoms with Crippen LogP contribution in [0.4, 0.5) is 4.79 Å². The quantitative estimate of drug-likeness (QED) is 0.537. The van der Waals surface area contributed by atoms with Gasteiger partial charge in [-0.2, -0.15) is 0 Å². The summed E-state index contributed by atoms with van der Waals surface area (Å²) < 4.78 is 5.19. The molecule has 1 rings (SSSR count). The van der Waals surface area contributed by atoms with Gasteiger partial charge in [-0.3, -0.25) is 9.59 Å². The third-order valence-electron chi connectivity index (χ3n) is 4.99. The Morgan fingerprint density at radius 2 is 1.78 bits per heavy atom. The van der Waals surface area contributed by atoms with E-state index >= 15 is 0 Å². The van der Waals surface area contributed by atoms with Gasteiger partial charge in [-0.25, -0.2) is 4.79 Å². The van der Waals surface area contributed by atoms with E-state index in [2.05, 4.69) is 10.6 Å². The molecule has 3 N–H and O–H groups in total. The number of aliphatic hydroxyl groups excluding tert-OH is 1. The van der Waals surface area contributed by atoms with Crippen molar-refractivity contribution in [2.45, 2.75) is 85.0 Å². The Morgan fingerprint density at radius 1 is 1.16 bits per heavy atom. The second kappa shape index (κ2) is 11.9. The SMILES string of the molecule is CCCC(C)NC(=O)C(c1ccc(C)cc1C)N(C)C(=O)C(CO)NC(=O)OC(C)(C)C. The first kappa shape index (κ1) is 27.4. The first-order valence-corrected chi connectivity index (χ1v) is 11.0. The molecule has 0 saturated carbocycles. The Balaban J connectivity index is 3.22. The van der Waals surface area contributed by atoms with E-state index in [1.54, 1.807) is 20.8 Å². The fourth-order valence-electron chi connectivity index (χ4n) is 3.49. The summed E-state index contributed by atoms with van der Waals surface area (Å²) in [5.41, 5.74) is 1.84. The molecule has 0 saturated heterocycles.